The molecule has 0 saturated heterocycles. The fourth-order valence-corrected chi connectivity index (χ4v) is 3.92. The van der Waals surface area contributed by atoms with E-state index < -0.39 is 18.5 Å². The second-order valence-electron chi connectivity index (χ2n) is 6.47. The molecule has 0 amide bonds. The number of rotatable bonds is 8. The van der Waals surface area contributed by atoms with E-state index >= 15 is 0 Å². The number of thioether (sulfide) groups is 1. The number of hydrogen-bond acceptors (Lipinski definition) is 6. The van der Waals surface area contributed by atoms with Crippen LogP contribution in [0.15, 0.2) is 58.9 Å². The molecule has 5 nitrogen and oxygen atoms in total. The van der Waals surface area contributed by atoms with E-state index in [1.165, 1.54) is 36.4 Å². The summed E-state index contributed by atoms with van der Waals surface area (Å²) >= 11 is 1.12. The Labute approximate surface area is 197 Å². The van der Waals surface area contributed by atoms with Crippen molar-refractivity contribution in [2.24, 2.45) is 0 Å². The molecule has 0 aromatic heterocycles. The van der Waals surface area contributed by atoms with Crippen LogP contribution in [-0.2, 0) is 0 Å². The molecule has 10 heteroatoms. The zero-order chi connectivity index (χ0) is 24.8. The second kappa shape index (κ2) is 11.8. The van der Waals surface area contributed by atoms with Crippen molar-refractivity contribution in [2.45, 2.75) is 39.3 Å². The number of aliphatic hydroxyl groups is 2. The van der Waals surface area contributed by atoms with Crippen LogP contribution >= 0.6 is 21.0 Å². The lowest BCUT2D eigenvalue weighted by atomic mass is 9.99. The molecule has 1 aliphatic rings. The van der Waals surface area contributed by atoms with Crippen LogP contribution in [0.2, 0.25) is 0 Å². The van der Waals surface area contributed by atoms with Gasteiger partial charge in [-0.15, -0.1) is 0 Å². The Hall–Kier alpha value is -2.19. The Kier molecular flexibility index (Phi) is 9.67. The van der Waals surface area contributed by atoms with E-state index in [1.54, 1.807) is 22.2 Å². The summed E-state index contributed by atoms with van der Waals surface area (Å²) in [4.78, 5) is 0.941. The van der Waals surface area contributed by atoms with Crippen molar-refractivity contribution in [3.8, 4) is 28.4 Å². The van der Waals surface area contributed by atoms with Gasteiger partial charge in [0.1, 0.15) is 11.9 Å². The van der Waals surface area contributed by atoms with Gasteiger partial charge in [-0.05, 0) is 51.6 Å². The van der Waals surface area contributed by atoms with Gasteiger partial charge in [-0.1, -0.05) is 50.4 Å². The smallest absolute Gasteiger partial charge is 0.418 e. The van der Waals surface area contributed by atoms with Crippen molar-refractivity contribution in [1.29, 1.82) is 0 Å². The predicted octanol–water partition coefficient (Wildman–Crippen LogP) is 6.38. The molecular weight excluding hydrogens is 476 g/mol. The largest absolute Gasteiger partial charge is 0.434 e. The molecule has 2 aromatic carbocycles. The summed E-state index contributed by atoms with van der Waals surface area (Å²) in [5.41, 5.74) is 0.984. The Balaban J connectivity index is 0.00000187. The first-order chi connectivity index (χ1) is 15.6. The van der Waals surface area contributed by atoms with E-state index in [1.807, 2.05) is 13.8 Å². The zero-order valence-electron chi connectivity index (χ0n) is 18.3. The molecule has 2 N–H and O–H groups in total. The summed E-state index contributed by atoms with van der Waals surface area (Å²) in [5, 5.41) is 20.0. The third kappa shape index (κ3) is 6.90. The minimum atomic E-state index is -3.07. The third-order valence-electron chi connectivity index (χ3n) is 4.33. The van der Waals surface area contributed by atoms with Gasteiger partial charge in [0, 0.05) is 15.4 Å². The molecule has 0 radical (unpaired) electrons. The number of ether oxygens (including phenoxy) is 3. The summed E-state index contributed by atoms with van der Waals surface area (Å²) in [6, 6.07) is 8.63. The van der Waals surface area contributed by atoms with Gasteiger partial charge in [0.2, 0.25) is 0 Å². The van der Waals surface area contributed by atoms with Crippen molar-refractivity contribution >= 4 is 21.0 Å². The monoisotopic (exact) mass is 502 g/mol. The minimum Gasteiger partial charge on any atom is -0.434 e. The number of hydrogen-bond donors (Lipinski definition) is 2. The lowest BCUT2D eigenvalue weighted by molar-refractivity contribution is -0.104. The van der Waals surface area contributed by atoms with Gasteiger partial charge >= 0.3 is 12.4 Å². The van der Waals surface area contributed by atoms with Crippen LogP contribution in [0.3, 0.4) is 0 Å². The molecule has 2 aromatic rings. The highest BCUT2D eigenvalue weighted by molar-refractivity contribution is 8.06. The maximum Gasteiger partial charge on any atom is 0.418 e. The number of benzene rings is 2. The van der Waals surface area contributed by atoms with Crippen molar-refractivity contribution < 1.29 is 37.6 Å². The fraction of sp³-hybridized carbons (Fsp3) is 0.304. The molecule has 180 valence electrons. The van der Waals surface area contributed by atoms with E-state index in [9.17, 15) is 23.4 Å². The first-order valence-corrected chi connectivity index (χ1v) is 11.4. The van der Waals surface area contributed by atoms with Crippen LogP contribution in [0.4, 0.5) is 13.2 Å². The number of fused-ring (bicyclic) bond motifs is 1. The molecule has 0 spiro atoms. The maximum atomic E-state index is 13.9. The molecule has 1 heterocycles. The van der Waals surface area contributed by atoms with Gasteiger partial charge < -0.3 is 24.4 Å². The van der Waals surface area contributed by atoms with E-state index in [4.69, 9.17) is 9.47 Å². The normalized spacial score (nSPS) is 17.9. The van der Waals surface area contributed by atoms with E-state index in [0.29, 0.717) is 20.9 Å². The van der Waals surface area contributed by atoms with Gasteiger partial charge in [0.05, 0.1) is 6.61 Å². The van der Waals surface area contributed by atoms with Gasteiger partial charge in [-0.2, -0.15) is 13.2 Å². The molecule has 3 unspecified atom stereocenters. The SMILES string of the molecule is C=C(S/C(=C\C)CO)C(O)c1ccc(OC(F)F)c(-c2ccc3c(c2)OC(F)(P)O3)c1.CC. The van der Waals surface area contributed by atoms with Crippen molar-refractivity contribution in [2.75, 3.05) is 6.61 Å². The van der Waals surface area contributed by atoms with E-state index in [0.717, 1.165) is 11.8 Å². The van der Waals surface area contributed by atoms with Crippen LogP contribution in [0.5, 0.6) is 17.2 Å². The van der Waals surface area contributed by atoms with Gasteiger partial charge in [-0.3, -0.25) is 0 Å². The summed E-state index contributed by atoms with van der Waals surface area (Å²) < 4.78 is 54.4. The highest BCUT2D eigenvalue weighted by Crippen LogP contribution is 2.46. The summed E-state index contributed by atoms with van der Waals surface area (Å²) in [6.07, 6.45) is 0.544. The van der Waals surface area contributed by atoms with Crippen LogP contribution in [0.1, 0.15) is 32.4 Å². The lowest BCUT2D eigenvalue weighted by Gasteiger charge is -2.18. The van der Waals surface area contributed by atoms with Gasteiger partial charge in [0.25, 0.3) is 0 Å². The van der Waals surface area contributed by atoms with Crippen molar-refractivity contribution in [1.82, 2.24) is 0 Å². The topological polar surface area (TPSA) is 68.2 Å². The molecule has 0 bridgehead atoms. The van der Waals surface area contributed by atoms with Crippen molar-refractivity contribution in [3.63, 3.8) is 0 Å². The average Bonchev–Trinajstić information content (AvgIpc) is 3.10. The highest BCUT2D eigenvalue weighted by atomic mass is 32.2. The molecular formula is C23H26F3O5PS. The van der Waals surface area contributed by atoms with Crippen LogP contribution in [0, 0.1) is 0 Å². The van der Waals surface area contributed by atoms with Gasteiger partial charge in [0.15, 0.2) is 11.5 Å². The highest BCUT2D eigenvalue weighted by Gasteiger charge is 2.37. The molecule has 0 aliphatic carbocycles. The Morgan fingerprint density at radius 2 is 1.88 bits per heavy atom. The zero-order valence-corrected chi connectivity index (χ0v) is 20.3. The number of allylic oxidation sites excluding steroid dienone is 1. The van der Waals surface area contributed by atoms with E-state index in [-0.39, 0.29) is 29.4 Å². The first-order valence-electron chi connectivity index (χ1n) is 10.0. The molecule has 3 rings (SSSR count). The Morgan fingerprint density at radius 1 is 1.21 bits per heavy atom. The second-order valence-corrected chi connectivity index (χ2v) is 8.41. The summed E-state index contributed by atoms with van der Waals surface area (Å²) in [6.45, 7) is 6.30. The summed E-state index contributed by atoms with van der Waals surface area (Å²) in [7, 11) is 1.78. The van der Waals surface area contributed by atoms with Crippen LogP contribution in [-0.4, -0.2) is 29.2 Å². The van der Waals surface area contributed by atoms with Crippen LogP contribution < -0.4 is 14.2 Å². The molecule has 1 aliphatic heterocycles. The molecule has 3 atom stereocenters. The lowest BCUT2D eigenvalue weighted by Crippen LogP contribution is -2.23. The van der Waals surface area contributed by atoms with Crippen molar-refractivity contribution in [3.05, 3.63) is 64.4 Å². The molecule has 0 saturated carbocycles. The quantitative estimate of drug-likeness (QED) is 0.408. The Morgan fingerprint density at radius 3 is 2.48 bits per heavy atom. The standard InChI is InChI=1S/C21H20F3O5PS.C2H6/c1-3-14(10-25)31-11(2)19(26)13-5-6-16(27-20(22)23)15(8-13)12-4-7-17-18(9-12)29-21(24,30)28-17;1-2/h3-9,19-20,25-26H,2,10,30H2,1H3;1-2H3/b14-3-;. The predicted molar refractivity (Wildman–Crippen MR) is 127 cm³/mol. The Bertz CT molecular complexity index is 1010. The van der Waals surface area contributed by atoms with E-state index in [2.05, 4.69) is 11.3 Å². The van der Waals surface area contributed by atoms with Gasteiger partial charge in [-0.25, -0.2) is 0 Å². The minimum absolute atomic E-state index is 0.0876. The average molecular weight is 502 g/mol. The molecule has 0 fully saturated rings. The maximum absolute atomic E-state index is 13.9. The number of alkyl halides is 3. The molecule has 33 heavy (non-hydrogen) atoms. The van der Waals surface area contributed by atoms with Crippen LogP contribution in [0.25, 0.3) is 11.1 Å². The number of halogens is 3. The fourth-order valence-electron chi connectivity index (χ4n) is 2.89. The first kappa shape index (κ1) is 27.1. The summed E-state index contributed by atoms with van der Waals surface area (Å²) in [5.74, 6) is -2.30. The third-order valence-corrected chi connectivity index (χ3v) is 5.68. The number of aliphatic hydroxyl groups excluding tert-OH is 2.